The molecule has 1 fully saturated rings. The van der Waals surface area contributed by atoms with E-state index in [4.69, 9.17) is 37.5 Å². The van der Waals surface area contributed by atoms with Gasteiger partial charge in [-0.15, -0.1) is 0 Å². The predicted octanol–water partition coefficient (Wildman–Crippen LogP) is 9.73. The Labute approximate surface area is 265 Å². The molecular weight excluding hydrogens is 690 g/mol. The van der Waals surface area contributed by atoms with Crippen molar-refractivity contribution in [3.05, 3.63) is 115 Å². The van der Waals surface area contributed by atoms with E-state index in [1.54, 1.807) is 29.3 Å². The van der Waals surface area contributed by atoms with Crippen molar-refractivity contribution in [2.45, 2.75) is 24.5 Å². The van der Waals surface area contributed by atoms with Crippen molar-refractivity contribution < 1.29 is 27.1 Å². The molecule has 3 aromatic carbocycles. The van der Waals surface area contributed by atoms with Gasteiger partial charge in [0.1, 0.15) is 17.3 Å². The Morgan fingerprint density at radius 2 is 1.86 bits per heavy atom. The van der Waals surface area contributed by atoms with Gasteiger partial charge >= 0.3 is 12.0 Å². The zero-order valence-corrected chi connectivity index (χ0v) is 25.5. The summed E-state index contributed by atoms with van der Waals surface area (Å²) in [6.45, 7) is 0. The largest absolute Gasteiger partial charge is 0.457 e. The topological polar surface area (TPSA) is 67.1 Å². The van der Waals surface area contributed by atoms with E-state index in [1.807, 2.05) is 30.3 Å². The third-order valence-electron chi connectivity index (χ3n) is 7.27. The maximum absolute atomic E-state index is 13.4. The molecule has 2 atom stereocenters. The number of thioether (sulfide) groups is 1. The summed E-state index contributed by atoms with van der Waals surface area (Å²) in [5.41, 5.74) is 1.79. The van der Waals surface area contributed by atoms with Gasteiger partial charge in [0.15, 0.2) is 0 Å². The predicted molar refractivity (Wildman–Crippen MR) is 163 cm³/mol. The van der Waals surface area contributed by atoms with E-state index in [0.717, 1.165) is 45.2 Å². The number of ether oxygens (including phenoxy) is 1. The molecule has 13 heteroatoms. The lowest BCUT2D eigenvalue weighted by Crippen LogP contribution is -2.61. The summed E-state index contributed by atoms with van der Waals surface area (Å²) in [6, 6.07) is 18.9. The fourth-order valence-corrected chi connectivity index (χ4v) is 6.90. The van der Waals surface area contributed by atoms with Crippen LogP contribution in [0.2, 0.25) is 10.0 Å². The summed E-state index contributed by atoms with van der Waals surface area (Å²) in [5, 5.41) is 9.97. The summed E-state index contributed by atoms with van der Waals surface area (Å²) < 4.78 is 53.4. The van der Waals surface area contributed by atoms with Crippen molar-refractivity contribution in [2.24, 2.45) is 5.10 Å². The van der Waals surface area contributed by atoms with E-state index in [1.165, 1.54) is 12.1 Å². The average molecular weight is 707 g/mol. The minimum absolute atomic E-state index is 0.0920. The van der Waals surface area contributed by atoms with Crippen LogP contribution >= 0.6 is 50.9 Å². The summed E-state index contributed by atoms with van der Waals surface area (Å²) >= 11 is 16.8. The van der Waals surface area contributed by atoms with Crippen LogP contribution in [0.3, 0.4) is 0 Å². The molecule has 1 spiro atoms. The van der Waals surface area contributed by atoms with Gasteiger partial charge in [-0.1, -0.05) is 51.3 Å². The van der Waals surface area contributed by atoms with Crippen molar-refractivity contribution >= 4 is 67.9 Å². The second kappa shape index (κ2) is 10.4. The number of hydrazone groups is 1. The fourth-order valence-electron chi connectivity index (χ4n) is 5.30. The summed E-state index contributed by atoms with van der Waals surface area (Å²) in [4.78, 5) is 13.4. The maximum Gasteiger partial charge on any atom is 0.416 e. The highest BCUT2D eigenvalue weighted by atomic mass is 79.9. The maximum atomic E-state index is 13.4. The number of nitrogens with one attached hydrogen (secondary N) is 1. The number of amides is 1. The molecule has 218 valence electrons. The van der Waals surface area contributed by atoms with E-state index in [2.05, 4.69) is 21.2 Å². The van der Waals surface area contributed by atoms with E-state index in [-0.39, 0.29) is 33.4 Å². The number of furan rings is 1. The van der Waals surface area contributed by atoms with Crippen LogP contribution in [-0.4, -0.2) is 21.8 Å². The highest BCUT2D eigenvalue weighted by Crippen LogP contribution is 2.53. The van der Waals surface area contributed by atoms with Crippen LogP contribution in [0.1, 0.15) is 34.9 Å². The molecule has 1 saturated heterocycles. The first kappa shape index (κ1) is 28.4. The lowest BCUT2D eigenvalue weighted by atomic mass is 9.96. The zero-order valence-electron chi connectivity index (χ0n) is 21.6. The Hall–Kier alpha value is -3.38. The number of rotatable bonds is 3. The number of hydrogen-bond donors (Lipinski definition) is 1. The lowest BCUT2D eigenvalue weighted by molar-refractivity contribution is -0.137. The monoisotopic (exact) mass is 705 g/mol. The minimum Gasteiger partial charge on any atom is -0.457 e. The molecule has 3 aliphatic rings. The van der Waals surface area contributed by atoms with E-state index in [9.17, 15) is 18.0 Å². The molecule has 2 unspecified atom stereocenters. The van der Waals surface area contributed by atoms with Gasteiger partial charge in [-0.25, -0.2) is 5.01 Å². The van der Waals surface area contributed by atoms with Crippen molar-refractivity contribution in [1.82, 2.24) is 10.3 Å². The van der Waals surface area contributed by atoms with Crippen LogP contribution in [0.4, 0.5) is 18.0 Å². The molecular formula is C30H17BrCl2F3N3O3S. The Morgan fingerprint density at radius 3 is 2.63 bits per heavy atom. The second-order valence-electron chi connectivity index (χ2n) is 9.96. The Morgan fingerprint density at radius 1 is 1.07 bits per heavy atom. The number of alkyl halides is 3. The van der Waals surface area contributed by atoms with Crippen LogP contribution in [0.25, 0.3) is 17.4 Å². The standard InChI is InChI=1S/C30H17BrCl2F3N3O3S/c31-17-4-9-26-21(12-17)24-14-23(15-1-5-18(32)6-2-15)38-39(24)30(42-26)27(43-28(40)37-30)13-19-7-10-25(41-19)20-11-16(29(34,35)36)3-8-22(20)33/h1-13,24H,14H2,(H,37,40). The number of carbonyl (C=O) groups excluding carboxylic acids is 1. The molecule has 1 aromatic heterocycles. The highest BCUT2D eigenvalue weighted by Gasteiger charge is 2.58. The first-order valence-electron chi connectivity index (χ1n) is 12.8. The van der Waals surface area contributed by atoms with E-state index < -0.39 is 17.6 Å². The van der Waals surface area contributed by atoms with Gasteiger partial charge in [-0.2, -0.15) is 18.3 Å². The average Bonchev–Trinajstić information content (AvgIpc) is 3.68. The molecule has 1 amide bonds. The molecule has 3 aliphatic heterocycles. The third-order valence-corrected chi connectivity index (χ3v) is 9.24. The summed E-state index contributed by atoms with van der Waals surface area (Å²) in [6.07, 6.45) is -2.40. The van der Waals surface area contributed by atoms with Crippen molar-refractivity contribution in [3.63, 3.8) is 0 Å². The Kier molecular flexibility index (Phi) is 6.84. The van der Waals surface area contributed by atoms with Crippen molar-refractivity contribution in [1.29, 1.82) is 0 Å². The summed E-state index contributed by atoms with van der Waals surface area (Å²) in [5.74, 6) is -0.505. The summed E-state index contributed by atoms with van der Waals surface area (Å²) in [7, 11) is 0. The van der Waals surface area contributed by atoms with Gasteiger partial charge in [-0.05, 0) is 84.1 Å². The smallest absolute Gasteiger partial charge is 0.416 e. The molecule has 43 heavy (non-hydrogen) atoms. The number of fused-ring (bicyclic) bond motifs is 4. The number of hydrogen-bond acceptors (Lipinski definition) is 6. The van der Waals surface area contributed by atoms with Gasteiger partial charge in [0.2, 0.25) is 0 Å². The van der Waals surface area contributed by atoms with Crippen molar-refractivity contribution in [3.8, 4) is 17.1 Å². The number of benzene rings is 3. The first-order chi connectivity index (χ1) is 20.5. The number of nitrogens with zero attached hydrogens (tertiary/aromatic N) is 2. The molecule has 0 bridgehead atoms. The fraction of sp³-hybridized carbons (Fsp3) is 0.133. The first-order valence-corrected chi connectivity index (χ1v) is 15.2. The second-order valence-corrected chi connectivity index (χ2v) is 12.7. The van der Waals surface area contributed by atoms with Crippen LogP contribution in [0, 0.1) is 0 Å². The molecule has 0 radical (unpaired) electrons. The van der Waals surface area contributed by atoms with Gasteiger partial charge in [-0.3, -0.25) is 10.1 Å². The highest BCUT2D eigenvalue weighted by molar-refractivity contribution is 9.10. The van der Waals surface area contributed by atoms with Gasteiger partial charge in [0, 0.05) is 27.0 Å². The van der Waals surface area contributed by atoms with Crippen LogP contribution in [-0.2, 0) is 6.18 Å². The van der Waals surface area contributed by atoms with E-state index >= 15 is 0 Å². The molecule has 0 aliphatic carbocycles. The number of carbonyl (C=O) groups is 1. The normalized spacial score (nSPS) is 22.0. The number of halogens is 6. The molecule has 7 rings (SSSR count). The Bertz CT molecular complexity index is 1860. The van der Waals surface area contributed by atoms with Crippen LogP contribution in [0.5, 0.6) is 5.75 Å². The van der Waals surface area contributed by atoms with E-state index in [0.29, 0.717) is 22.1 Å². The lowest BCUT2D eigenvalue weighted by Gasteiger charge is -2.45. The van der Waals surface area contributed by atoms with Crippen molar-refractivity contribution in [2.75, 3.05) is 0 Å². The minimum atomic E-state index is -4.54. The molecule has 6 nitrogen and oxygen atoms in total. The SMILES string of the molecule is O=C1NC2(Oc3ccc(Br)cc3C3CC(c4ccc(Cl)cc4)=NN32)C(=Cc2ccc(-c3cc(C(F)(F)F)ccc3Cl)o2)S1. The molecule has 1 N–H and O–H groups in total. The van der Waals surface area contributed by atoms with Gasteiger partial charge in [0.05, 0.1) is 27.2 Å². The Balaban J connectivity index is 1.32. The third kappa shape index (κ3) is 5.02. The van der Waals surface area contributed by atoms with Gasteiger partial charge < -0.3 is 9.15 Å². The quantitative estimate of drug-likeness (QED) is 0.230. The van der Waals surface area contributed by atoms with Crippen LogP contribution in [0.15, 0.2) is 91.7 Å². The molecule has 4 heterocycles. The van der Waals surface area contributed by atoms with Crippen LogP contribution < -0.4 is 10.1 Å². The zero-order chi connectivity index (χ0) is 30.1. The molecule has 0 saturated carbocycles. The molecule has 4 aromatic rings. The van der Waals surface area contributed by atoms with Gasteiger partial charge in [0.25, 0.3) is 5.24 Å².